The van der Waals surface area contributed by atoms with E-state index >= 15 is 0 Å². The molecule has 20 heavy (non-hydrogen) atoms. The van der Waals surface area contributed by atoms with Crippen LogP contribution in [0.3, 0.4) is 0 Å². The second-order valence-electron chi connectivity index (χ2n) is 6.38. The maximum Gasteiger partial charge on any atom is 0.0448 e. The van der Waals surface area contributed by atoms with Crippen LogP contribution in [0.1, 0.15) is 51.3 Å². The summed E-state index contributed by atoms with van der Waals surface area (Å²) in [6, 6.07) is 2.97. The number of nitrogens with one attached hydrogen (secondary N) is 1. The van der Waals surface area contributed by atoms with Crippen molar-refractivity contribution in [2.75, 3.05) is 18.0 Å². The van der Waals surface area contributed by atoms with Gasteiger partial charge in [-0.2, -0.15) is 0 Å². The summed E-state index contributed by atoms with van der Waals surface area (Å²) in [5.41, 5.74) is 3.86. The smallest absolute Gasteiger partial charge is 0.0448 e. The largest absolute Gasteiger partial charge is 0.368 e. The number of rotatable bonds is 6. The van der Waals surface area contributed by atoms with Crippen molar-refractivity contribution in [3.63, 3.8) is 0 Å². The van der Waals surface area contributed by atoms with E-state index in [0.717, 1.165) is 18.8 Å². The van der Waals surface area contributed by atoms with Crippen molar-refractivity contribution >= 4 is 5.69 Å². The molecular weight excluding hydrogens is 246 g/mol. The Kier molecular flexibility index (Phi) is 5.41. The van der Waals surface area contributed by atoms with Gasteiger partial charge in [0.15, 0.2) is 0 Å². The summed E-state index contributed by atoms with van der Waals surface area (Å²) in [6.45, 7) is 12.1. The summed E-state index contributed by atoms with van der Waals surface area (Å²) in [5, 5.41) is 3.55. The molecule has 0 spiro atoms. The van der Waals surface area contributed by atoms with E-state index in [0.29, 0.717) is 12.0 Å². The van der Waals surface area contributed by atoms with Crippen LogP contribution in [0.4, 0.5) is 5.69 Å². The minimum Gasteiger partial charge on any atom is -0.368 e. The molecule has 2 rings (SSSR count). The van der Waals surface area contributed by atoms with Gasteiger partial charge in [-0.25, -0.2) is 0 Å². The molecule has 1 atom stereocenters. The van der Waals surface area contributed by atoms with Crippen LogP contribution < -0.4 is 10.2 Å². The van der Waals surface area contributed by atoms with Crippen molar-refractivity contribution in [1.29, 1.82) is 0 Å². The SMILES string of the molecule is CCC1CCCN1c1cc(C)ncc1CNCC(C)C. The highest BCUT2D eigenvalue weighted by molar-refractivity contribution is 5.55. The molecule has 1 aromatic heterocycles. The van der Waals surface area contributed by atoms with Gasteiger partial charge >= 0.3 is 0 Å². The Morgan fingerprint density at radius 3 is 2.95 bits per heavy atom. The zero-order chi connectivity index (χ0) is 14.5. The fourth-order valence-corrected chi connectivity index (χ4v) is 3.05. The zero-order valence-corrected chi connectivity index (χ0v) is 13.4. The fourth-order valence-electron chi connectivity index (χ4n) is 3.05. The number of aryl methyl sites for hydroxylation is 1. The van der Waals surface area contributed by atoms with Gasteiger partial charge in [0.2, 0.25) is 0 Å². The minimum absolute atomic E-state index is 0.687. The molecule has 0 aliphatic carbocycles. The number of anilines is 1. The number of hydrogen-bond donors (Lipinski definition) is 1. The lowest BCUT2D eigenvalue weighted by Crippen LogP contribution is -2.30. The number of hydrogen-bond acceptors (Lipinski definition) is 3. The molecular formula is C17H29N3. The first-order valence-corrected chi connectivity index (χ1v) is 8.04. The molecule has 0 saturated carbocycles. The first-order chi connectivity index (χ1) is 9.61. The highest BCUT2D eigenvalue weighted by atomic mass is 15.2. The average Bonchev–Trinajstić information content (AvgIpc) is 2.88. The van der Waals surface area contributed by atoms with Crippen LogP contribution in [0, 0.1) is 12.8 Å². The Bertz CT molecular complexity index is 428. The molecule has 3 heteroatoms. The first kappa shape index (κ1) is 15.3. The van der Waals surface area contributed by atoms with Crippen LogP contribution >= 0.6 is 0 Å². The molecule has 112 valence electrons. The molecule has 1 saturated heterocycles. The summed E-state index contributed by atoms with van der Waals surface area (Å²) in [4.78, 5) is 7.09. The molecule has 0 amide bonds. The Labute approximate surface area is 123 Å². The molecule has 2 heterocycles. The third kappa shape index (κ3) is 3.72. The van der Waals surface area contributed by atoms with Crippen LogP contribution in [0.5, 0.6) is 0 Å². The second kappa shape index (κ2) is 7.07. The van der Waals surface area contributed by atoms with Gasteiger partial charge in [0.05, 0.1) is 0 Å². The van der Waals surface area contributed by atoms with Crippen molar-refractivity contribution < 1.29 is 0 Å². The molecule has 0 bridgehead atoms. The summed E-state index contributed by atoms with van der Waals surface area (Å²) in [7, 11) is 0. The third-order valence-corrected chi connectivity index (χ3v) is 4.12. The lowest BCUT2D eigenvalue weighted by atomic mass is 10.1. The van der Waals surface area contributed by atoms with Crippen LogP contribution in [0.25, 0.3) is 0 Å². The van der Waals surface area contributed by atoms with Crippen molar-refractivity contribution in [3.05, 3.63) is 23.5 Å². The molecule has 1 unspecified atom stereocenters. The minimum atomic E-state index is 0.687. The first-order valence-electron chi connectivity index (χ1n) is 8.04. The Hall–Kier alpha value is -1.09. The van der Waals surface area contributed by atoms with Gasteiger partial charge in [-0.1, -0.05) is 20.8 Å². The Morgan fingerprint density at radius 1 is 1.45 bits per heavy atom. The van der Waals surface area contributed by atoms with Crippen LogP contribution in [-0.4, -0.2) is 24.1 Å². The van der Waals surface area contributed by atoms with Gasteiger partial charge < -0.3 is 10.2 Å². The van der Waals surface area contributed by atoms with Gasteiger partial charge in [0, 0.05) is 42.3 Å². The topological polar surface area (TPSA) is 28.2 Å². The van der Waals surface area contributed by atoms with Crippen molar-refractivity contribution in [2.45, 2.75) is 59.5 Å². The van der Waals surface area contributed by atoms with Crippen LogP contribution in [-0.2, 0) is 6.54 Å². The van der Waals surface area contributed by atoms with E-state index in [1.807, 2.05) is 0 Å². The van der Waals surface area contributed by atoms with Crippen molar-refractivity contribution in [1.82, 2.24) is 10.3 Å². The van der Waals surface area contributed by atoms with E-state index in [1.165, 1.54) is 37.1 Å². The van der Waals surface area contributed by atoms with Crippen molar-refractivity contribution in [3.8, 4) is 0 Å². The maximum absolute atomic E-state index is 4.49. The highest BCUT2D eigenvalue weighted by Gasteiger charge is 2.25. The second-order valence-corrected chi connectivity index (χ2v) is 6.38. The monoisotopic (exact) mass is 275 g/mol. The summed E-state index contributed by atoms with van der Waals surface area (Å²) in [5.74, 6) is 0.687. The molecule has 0 radical (unpaired) electrons. The van der Waals surface area contributed by atoms with Gasteiger partial charge in [0.25, 0.3) is 0 Å². The number of nitrogens with zero attached hydrogens (tertiary/aromatic N) is 2. The highest BCUT2D eigenvalue weighted by Crippen LogP contribution is 2.30. The molecule has 1 aromatic rings. The van der Waals surface area contributed by atoms with Crippen LogP contribution in [0.2, 0.25) is 0 Å². The van der Waals surface area contributed by atoms with Gasteiger partial charge in [-0.3, -0.25) is 4.98 Å². The number of pyridine rings is 1. The summed E-state index contributed by atoms with van der Waals surface area (Å²) in [6.07, 6.45) is 5.94. The van der Waals surface area contributed by atoms with E-state index in [1.54, 1.807) is 0 Å². The van der Waals surface area contributed by atoms with Crippen molar-refractivity contribution in [2.24, 2.45) is 5.92 Å². The quantitative estimate of drug-likeness (QED) is 0.861. The van der Waals surface area contributed by atoms with Crippen LogP contribution in [0.15, 0.2) is 12.3 Å². The Morgan fingerprint density at radius 2 is 2.25 bits per heavy atom. The third-order valence-electron chi connectivity index (χ3n) is 4.12. The normalized spacial score (nSPS) is 19.1. The zero-order valence-electron chi connectivity index (χ0n) is 13.4. The van der Waals surface area contributed by atoms with E-state index in [9.17, 15) is 0 Å². The predicted molar refractivity (Wildman–Crippen MR) is 86.2 cm³/mol. The van der Waals surface area contributed by atoms with E-state index in [2.05, 4.69) is 55.2 Å². The molecule has 3 nitrogen and oxygen atoms in total. The van der Waals surface area contributed by atoms with E-state index < -0.39 is 0 Å². The van der Waals surface area contributed by atoms with E-state index in [4.69, 9.17) is 0 Å². The van der Waals surface area contributed by atoms with Gasteiger partial charge in [-0.05, 0) is 44.7 Å². The summed E-state index contributed by atoms with van der Waals surface area (Å²) >= 11 is 0. The maximum atomic E-state index is 4.49. The standard InChI is InChI=1S/C17H29N3/c1-5-16-7-6-8-20(16)17-9-14(4)19-12-15(17)11-18-10-13(2)3/h9,12-13,16,18H,5-8,10-11H2,1-4H3. The molecule has 1 aliphatic rings. The molecule has 1 N–H and O–H groups in total. The summed E-state index contributed by atoms with van der Waals surface area (Å²) < 4.78 is 0. The average molecular weight is 275 g/mol. The molecule has 1 fully saturated rings. The van der Waals surface area contributed by atoms with Gasteiger partial charge in [0.1, 0.15) is 0 Å². The van der Waals surface area contributed by atoms with E-state index in [-0.39, 0.29) is 0 Å². The molecule has 1 aliphatic heterocycles. The molecule has 0 aromatic carbocycles. The fraction of sp³-hybridized carbons (Fsp3) is 0.706. The predicted octanol–water partition coefficient (Wildman–Crippen LogP) is 3.51. The van der Waals surface area contributed by atoms with Gasteiger partial charge in [-0.15, -0.1) is 0 Å². The number of aromatic nitrogens is 1. The lowest BCUT2D eigenvalue weighted by Gasteiger charge is -2.28. The lowest BCUT2D eigenvalue weighted by molar-refractivity contribution is 0.550. The Balaban J connectivity index is 2.15.